The quantitative estimate of drug-likeness (QED) is 0.722. The van der Waals surface area contributed by atoms with E-state index in [0.717, 1.165) is 6.61 Å². The molecule has 1 unspecified atom stereocenters. The van der Waals surface area contributed by atoms with Gasteiger partial charge in [-0.2, -0.15) is 0 Å². The summed E-state index contributed by atoms with van der Waals surface area (Å²) in [5.74, 6) is 0. The summed E-state index contributed by atoms with van der Waals surface area (Å²) in [7, 11) is 0. The lowest BCUT2D eigenvalue weighted by Crippen LogP contribution is -2.03. The van der Waals surface area contributed by atoms with Gasteiger partial charge in [-0.15, -0.1) is 0 Å². The molecule has 1 aliphatic rings. The molecule has 1 heterocycles. The van der Waals surface area contributed by atoms with E-state index >= 15 is 0 Å². The standard InChI is InChI=1S/C16H14O/c1-3-7-14(8-4-1)11-12-16(13-17-16)15-9-5-2-6-10-15/h1-12H,13H2/b12-11+. The molecule has 1 nitrogen and oxygen atoms in total. The third-order valence-electron chi connectivity index (χ3n) is 3.06. The van der Waals surface area contributed by atoms with E-state index in [0.29, 0.717) is 0 Å². The number of benzene rings is 2. The Morgan fingerprint density at radius 1 is 0.882 bits per heavy atom. The van der Waals surface area contributed by atoms with Gasteiger partial charge in [0.05, 0.1) is 6.61 Å². The summed E-state index contributed by atoms with van der Waals surface area (Å²) in [6, 6.07) is 20.7. The van der Waals surface area contributed by atoms with Gasteiger partial charge >= 0.3 is 0 Å². The van der Waals surface area contributed by atoms with Crippen LogP contribution in [0, 0.1) is 0 Å². The highest BCUT2D eigenvalue weighted by Crippen LogP contribution is 2.40. The fourth-order valence-corrected chi connectivity index (χ4v) is 1.95. The zero-order valence-electron chi connectivity index (χ0n) is 9.54. The summed E-state index contributed by atoms with van der Waals surface area (Å²) in [4.78, 5) is 0. The van der Waals surface area contributed by atoms with E-state index < -0.39 is 0 Å². The molecule has 0 bridgehead atoms. The second kappa shape index (κ2) is 4.19. The lowest BCUT2D eigenvalue weighted by molar-refractivity contribution is 0.358. The molecule has 0 spiro atoms. The zero-order chi connectivity index (χ0) is 11.6. The Labute approximate surface area is 101 Å². The summed E-state index contributed by atoms with van der Waals surface area (Å²) in [5.41, 5.74) is 2.25. The van der Waals surface area contributed by atoms with Crippen LogP contribution in [0.4, 0.5) is 0 Å². The van der Waals surface area contributed by atoms with E-state index in [1.54, 1.807) is 0 Å². The maximum absolute atomic E-state index is 5.62. The van der Waals surface area contributed by atoms with E-state index in [4.69, 9.17) is 4.74 Å². The second-order valence-electron chi connectivity index (χ2n) is 4.29. The van der Waals surface area contributed by atoms with Crippen LogP contribution < -0.4 is 0 Å². The van der Waals surface area contributed by atoms with Gasteiger partial charge in [0, 0.05) is 0 Å². The molecular weight excluding hydrogens is 208 g/mol. The summed E-state index contributed by atoms with van der Waals surface area (Å²) < 4.78 is 5.62. The molecule has 1 heteroatoms. The van der Waals surface area contributed by atoms with E-state index in [9.17, 15) is 0 Å². The minimum atomic E-state index is -0.183. The highest BCUT2D eigenvalue weighted by Gasteiger charge is 2.43. The molecule has 84 valence electrons. The van der Waals surface area contributed by atoms with Gasteiger partial charge in [0.1, 0.15) is 5.60 Å². The van der Waals surface area contributed by atoms with Gasteiger partial charge in [-0.1, -0.05) is 66.7 Å². The highest BCUT2D eigenvalue weighted by atomic mass is 16.6. The largest absolute Gasteiger partial charge is 0.360 e. The maximum atomic E-state index is 5.62. The summed E-state index contributed by atoms with van der Waals surface area (Å²) in [6.07, 6.45) is 4.28. The molecule has 0 saturated carbocycles. The Morgan fingerprint density at radius 2 is 1.47 bits per heavy atom. The van der Waals surface area contributed by atoms with Gasteiger partial charge in [-0.3, -0.25) is 0 Å². The van der Waals surface area contributed by atoms with E-state index in [2.05, 4.69) is 48.6 Å². The molecule has 1 fully saturated rings. The van der Waals surface area contributed by atoms with Crippen molar-refractivity contribution in [1.29, 1.82) is 0 Å². The summed E-state index contributed by atoms with van der Waals surface area (Å²) in [6.45, 7) is 0.778. The predicted octanol–water partition coefficient (Wildman–Crippen LogP) is 3.63. The lowest BCUT2D eigenvalue weighted by atomic mass is 9.99. The predicted molar refractivity (Wildman–Crippen MR) is 69.5 cm³/mol. The SMILES string of the molecule is C(=C\C1(c2ccccc2)CO1)/c1ccccc1. The Kier molecular flexibility index (Phi) is 2.54. The maximum Gasteiger partial charge on any atom is 0.135 e. The fraction of sp³-hybridized carbons (Fsp3) is 0.125. The molecular formula is C16H14O. The number of hydrogen-bond acceptors (Lipinski definition) is 1. The summed E-state index contributed by atoms with van der Waals surface area (Å²) >= 11 is 0. The van der Waals surface area contributed by atoms with Crippen LogP contribution in [-0.2, 0) is 10.3 Å². The van der Waals surface area contributed by atoms with Crippen LogP contribution in [0.2, 0.25) is 0 Å². The van der Waals surface area contributed by atoms with Crippen LogP contribution in [-0.4, -0.2) is 6.61 Å². The van der Waals surface area contributed by atoms with Crippen molar-refractivity contribution >= 4 is 6.08 Å². The molecule has 0 aromatic heterocycles. The lowest BCUT2D eigenvalue weighted by Gasteiger charge is -2.06. The number of epoxide rings is 1. The van der Waals surface area contributed by atoms with Crippen LogP contribution >= 0.6 is 0 Å². The molecule has 0 radical (unpaired) electrons. The topological polar surface area (TPSA) is 12.5 Å². The average molecular weight is 222 g/mol. The molecule has 0 amide bonds. The van der Waals surface area contributed by atoms with Crippen LogP contribution in [0.5, 0.6) is 0 Å². The van der Waals surface area contributed by atoms with Gasteiger partial charge in [0.15, 0.2) is 0 Å². The van der Waals surface area contributed by atoms with Crippen LogP contribution in [0.25, 0.3) is 6.08 Å². The van der Waals surface area contributed by atoms with Crippen molar-refractivity contribution in [3.63, 3.8) is 0 Å². The van der Waals surface area contributed by atoms with Crippen molar-refractivity contribution in [2.45, 2.75) is 5.60 Å². The first-order chi connectivity index (χ1) is 8.39. The number of ether oxygens (including phenoxy) is 1. The number of hydrogen-bond donors (Lipinski definition) is 0. The van der Waals surface area contributed by atoms with E-state index in [1.165, 1.54) is 11.1 Å². The van der Waals surface area contributed by atoms with Gasteiger partial charge in [-0.25, -0.2) is 0 Å². The third-order valence-corrected chi connectivity index (χ3v) is 3.06. The van der Waals surface area contributed by atoms with E-state index in [-0.39, 0.29) is 5.60 Å². The second-order valence-corrected chi connectivity index (χ2v) is 4.29. The Hall–Kier alpha value is -1.86. The van der Waals surface area contributed by atoms with Crippen LogP contribution in [0.3, 0.4) is 0 Å². The first-order valence-corrected chi connectivity index (χ1v) is 5.83. The van der Waals surface area contributed by atoms with Gasteiger partial charge < -0.3 is 4.74 Å². The molecule has 2 aromatic carbocycles. The van der Waals surface area contributed by atoms with Crippen molar-refractivity contribution < 1.29 is 4.74 Å². The zero-order valence-corrected chi connectivity index (χ0v) is 9.54. The average Bonchev–Trinajstić information content (AvgIpc) is 3.20. The van der Waals surface area contributed by atoms with Gasteiger partial charge in [0.25, 0.3) is 0 Å². The smallest absolute Gasteiger partial charge is 0.135 e. The molecule has 1 atom stereocenters. The van der Waals surface area contributed by atoms with Crippen LogP contribution in [0.15, 0.2) is 66.7 Å². The van der Waals surface area contributed by atoms with Crippen molar-refractivity contribution in [2.75, 3.05) is 6.61 Å². The van der Waals surface area contributed by atoms with Crippen molar-refractivity contribution in [2.24, 2.45) is 0 Å². The molecule has 1 saturated heterocycles. The highest BCUT2D eigenvalue weighted by molar-refractivity contribution is 5.52. The Bertz CT molecular complexity index is 510. The first-order valence-electron chi connectivity index (χ1n) is 5.83. The summed E-state index contributed by atoms with van der Waals surface area (Å²) in [5, 5.41) is 0. The molecule has 2 aromatic rings. The molecule has 17 heavy (non-hydrogen) atoms. The first kappa shape index (κ1) is 10.3. The Morgan fingerprint density at radius 3 is 2.06 bits per heavy atom. The monoisotopic (exact) mass is 222 g/mol. The Balaban J connectivity index is 1.84. The molecule has 0 N–H and O–H groups in total. The van der Waals surface area contributed by atoms with Crippen molar-refractivity contribution in [3.8, 4) is 0 Å². The normalized spacial score (nSPS) is 22.8. The fourth-order valence-electron chi connectivity index (χ4n) is 1.95. The van der Waals surface area contributed by atoms with E-state index in [1.807, 2.05) is 24.3 Å². The minimum absolute atomic E-state index is 0.183. The third kappa shape index (κ3) is 2.15. The van der Waals surface area contributed by atoms with Crippen molar-refractivity contribution in [3.05, 3.63) is 77.9 Å². The molecule has 1 aliphatic heterocycles. The van der Waals surface area contributed by atoms with Crippen molar-refractivity contribution in [1.82, 2.24) is 0 Å². The number of rotatable bonds is 3. The molecule has 3 rings (SSSR count). The van der Waals surface area contributed by atoms with Gasteiger partial charge in [-0.05, 0) is 17.2 Å². The molecule has 0 aliphatic carbocycles. The van der Waals surface area contributed by atoms with Gasteiger partial charge in [0.2, 0.25) is 0 Å². The van der Waals surface area contributed by atoms with Crippen LogP contribution in [0.1, 0.15) is 11.1 Å². The minimum Gasteiger partial charge on any atom is -0.360 e.